The Morgan fingerprint density at radius 3 is 2.65 bits per heavy atom. The normalized spacial score (nSPS) is 10.3. The Balaban J connectivity index is 2.37. The minimum atomic E-state index is -0.328. The highest BCUT2D eigenvalue weighted by Gasteiger charge is 2.11. The first-order chi connectivity index (χ1) is 8.08. The van der Waals surface area contributed by atoms with E-state index < -0.39 is 0 Å². The number of aryl methyl sites for hydroxylation is 1. The molecule has 0 radical (unpaired) electrons. The number of hydrogen-bond acceptors (Lipinski definition) is 2. The van der Waals surface area contributed by atoms with Crippen molar-refractivity contribution in [2.45, 2.75) is 6.92 Å². The van der Waals surface area contributed by atoms with E-state index in [-0.39, 0.29) is 11.6 Å². The van der Waals surface area contributed by atoms with E-state index in [0.717, 1.165) is 0 Å². The first-order valence-corrected chi connectivity index (χ1v) is 5.38. The molecule has 0 saturated heterocycles. The first-order valence-electron chi connectivity index (χ1n) is 5.00. The van der Waals surface area contributed by atoms with Crippen molar-refractivity contribution >= 4 is 17.4 Å². The first kappa shape index (κ1) is 11.7. The van der Waals surface area contributed by atoms with Gasteiger partial charge in [0.25, 0.3) is 0 Å². The van der Waals surface area contributed by atoms with Crippen molar-refractivity contribution in [3.8, 4) is 0 Å². The number of nitrogens with zero attached hydrogens (tertiary/aromatic N) is 1. The van der Waals surface area contributed by atoms with Crippen molar-refractivity contribution in [2.24, 2.45) is 0 Å². The zero-order valence-electron chi connectivity index (χ0n) is 9.08. The van der Waals surface area contributed by atoms with Crippen LogP contribution in [0.5, 0.6) is 0 Å². The molecule has 0 unspecified atom stereocenters. The lowest BCUT2D eigenvalue weighted by Crippen LogP contribution is -2.04. The van der Waals surface area contributed by atoms with Gasteiger partial charge in [-0.05, 0) is 42.8 Å². The molecular weight excluding hydrogens is 241 g/mol. The van der Waals surface area contributed by atoms with E-state index in [9.17, 15) is 9.18 Å². The van der Waals surface area contributed by atoms with E-state index in [1.54, 1.807) is 19.1 Å². The fourth-order valence-corrected chi connectivity index (χ4v) is 1.56. The van der Waals surface area contributed by atoms with Crippen LogP contribution < -0.4 is 0 Å². The summed E-state index contributed by atoms with van der Waals surface area (Å²) >= 11 is 5.68. The lowest BCUT2D eigenvalue weighted by Gasteiger charge is -2.02. The number of rotatable bonds is 2. The Hall–Kier alpha value is -1.74. The quantitative estimate of drug-likeness (QED) is 0.764. The van der Waals surface area contributed by atoms with Gasteiger partial charge in [-0.1, -0.05) is 11.6 Å². The van der Waals surface area contributed by atoms with Crippen LogP contribution in [0.3, 0.4) is 0 Å². The summed E-state index contributed by atoms with van der Waals surface area (Å²) in [5.41, 5.74) is 1.14. The van der Waals surface area contributed by atoms with Gasteiger partial charge in [0.15, 0.2) is 0 Å². The van der Waals surface area contributed by atoms with Gasteiger partial charge in [-0.15, -0.1) is 0 Å². The molecule has 0 atom stereocenters. The molecule has 2 nitrogen and oxygen atoms in total. The average Bonchev–Trinajstić information content (AvgIpc) is 2.33. The van der Waals surface area contributed by atoms with Gasteiger partial charge in [-0.3, -0.25) is 9.78 Å². The summed E-state index contributed by atoms with van der Waals surface area (Å²) in [5, 5.41) is 0.469. The van der Waals surface area contributed by atoms with Crippen LogP contribution >= 0.6 is 11.6 Å². The van der Waals surface area contributed by atoms with Gasteiger partial charge in [0.2, 0.25) is 5.78 Å². The minimum absolute atomic E-state index is 0.246. The number of carbonyl (C=O) groups is 1. The molecule has 0 aliphatic rings. The summed E-state index contributed by atoms with van der Waals surface area (Å²) in [6, 6.07) is 7.37. The van der Waals surface area contributed by atoms with Gasteiger partial charge < -0.3 is 0 Å². The third-order valence-corrected chi connectivity index (χ3v) is 2.60. The van der Waals surface area contributed by atoms with Crippen LogP contribution in [0.1, 0.15) is 21.6 Å². The second kappa shape index (κ2) is 4.63. The Bertz CT molecular complexity index is 566. The fourth-order valence-electron chi connectivity index (χ4n) is 1.44. The maximum atomic E-state index is 13.1. The topological polar surface area (TPSA) is 30.0 Å². The van der Waals surface area contributed by atoms with Crippen molar-refractivity contribution in [2.75, 3.05) is 0 Å². The number of aromatic nitrogens is 1. The number of pyridine rings is 1. The van der Waals surface area contributed by atoms with Crippen molar-refractivity contribution < 1.29 is 9.18 Å². The molecular formula is C13H9ClFNO. The molecule has 1 aromatic heterocycles. The molecule has 1 heterocycles. The van der Waals surface area contributed by atoms with Gasteiger partial charge in [0, 0.05) is 11.8 Å². The van der Waals surface area contributed by atoms with E-state index in [1.807, 2.05) is 0 Å². The number of ketones is 1. The molecule has 0 amide bonds. The highest BCUT2D eigenvalue weighted by atomic mass is 35.5. The van der Waals surface area contributed by atoms with Gasteiger partial charge in [-0.25, -0.2) is 4.39 Å². The summed E-state index contributed by atoms with van der Waals surface area (Å²) in [6.45, 7) is 1.61. The molecule has 2 aromatic rings. The summed E-state index contributed by atoms with van der Waals surface area (Å²) in [7, 11) is 0. The highest BCUT2D eigenvalue weighted by Crippen LogP contribution is 2.14. The van der Waals surface area contributed by atoms with E-state index in [1.165, 1.54) is 24.4 Å². The second-order valence-electron chi connectivity index (χ2n) is 3.65. The van der Waals surface area contributed by atoms with Crippen LogP contribution in [0, 0.1) is 12.7 Å². The van der Waals surface area contributed by atoms with Gasteiger partial charge >= 0.3 is 0 Å². The molecule has 86 valence electrons. The molecule has 4 heteroatoms. The summed E-state index contributed by atoms with van der Waals surface area (Å²) in [6.07, 6.45) is 1.41. The van der Waals surface area contributed by atoms with Crippen molar-refractivity contribution in [3.63, 3.8) is 0 Å². The van der Waals surface area contributed by atoms with E-state index in [0.29, 0.717) is 21.8 Å². The van der Waals surface area contributed by atoms with Crippen molar-refractivity contribution in [3.05, 3.63) is 64.2 Å². The van der Waals surface area contributed by atoms with Crippen LogP contribution in [-0.2, 0) is 0 Å². The summed E-state index contributed by atoms with van der Waals surface area (Å²) in [5.74, 6) is -0.574. The Morgan fingerprint density at radius 1 is 1.29 bits per heavy atom. The minimum Gasteiger partial charge on any atom is -0.287 e. The Labute approximate surface area is 103 Å². The number of halogens is 2. The van der Waals surface area contributed by atoms with Gasteiger partial charge in [-0.2, -0.15) is 0 Å². The fraction of sp³-hybridized carbons (Fsp3) is 0.0769. The predicted molar refractivity (Wildman–Crippen MR) is 63.8 cm³/mol. The molecule has 2 rings (SSSR count). The van der Waals surface area contributed by atoms with E-state index in [4.69, 9.17) is 11.6 Å². The molecule has 1 aromatic carbocycles. The lowest BCUT2D eigenvalue weighted by molar-refractivity contribution is 0.103. The molecule has 0 fully saturated rings. The molecule has 0 bridgehead atoms. The lowest BCUT2D eigenvalue weighted by atomic mass is 10.1. The van der Waals surface area contributed by atoms with Crippen molar-refractivity contribution in [1.29, 1.82) is 0 Å². The maximum Gasteiger partial charge on any atom is 0.211 e. The van der Waals surface area contributed by atoms with Gasteiger partial charge in [0.05, 0.1) is 5.02 Å². The van der Waals surface area contributed by atoms with Crippen LogP contribution in [0.25, 0.3) is 0 Å². The van der Waals surface area contributed by atoms with Gasteiger partial charge in [0.1, 0.15) is 11.5 Å². The molecule has 0 aliphatic heterocycles. The van der Waals surface area contributed by atoms with Crippen LogP contribution in [0.15, 0.2) is 36.5 Å². The second-order valence-corrected chi connectivity index (χ2v) is 4.09. The summed E-state index contributed by atoms with van der Waals surface area (Å²) < 4.78 is 13.1. The summed E-state index contributed by atoms with van der Waals surface area (Å²) in [4.78, 5) is 15.9. The Kier molecular flexibility index (Phi) is 3.20. The maximum absolute atomic E-state index is 13.1. The SMILES string of the molecule is Cc1cc(C(=O)c2ccc(Cl)cn2)ccc1F. The zero-order valence-corrected chi connectivity index (χ0v) is 9.83. The number of carbonyl (C=O) groups excluding carboxylic acids is 1. The monoisotopic (exact) mass is 249 g/mol. The third kappa shape index (κ3) is 2.50. The van der Waals surface area contributed by atoms with Crippen molar-refractivity contribution in [1.82, 2.24) is 4.98 Å². The largest absolute Gasteiger partial charge is 0.287 e. The molecule has 0 saturated carbocycles. The molecule has 0 N–H and O–H groups in total. The highest BCUT2D eigenvalue weighted by molar-refractivity contribution is 6.30. The number of benzene rings is 1. The van der Waals surface area contributed by atoms with Crippen LogP contribution in [0.4, 0.5) is 4.39 Å². The third-order valence-electron chi connectivity index (χ3n) is 2.38. The smallest absolute Gasteiger partial charge is 0.211 e. The number of hydrogen-bond donors (Lipinski definition) is 0. The standard InChI is InChI=1S/C13H9ClFNO/c1-8-6-9(2-4-11(8)15)13(17)12-5-3-10(14)7-16-12/h2-7H,1H3. The van der Waals surface area contributed by atoms with Crippen LogP contribution in [0.2, 0.25) is 5.02 Å². The van der Waals surface area contributed by atoms with E-state index >= 15 is 0 Å². The molecule has 17 heavy (non-hydrogen) atoms. The van der Waals surface area contributed by atoms with Crippen LogP contribution in [-0.4, -0.2) is 10.8 Å². The average molecular weight is 250 g/mol. The predicted octanol–water partition coefficient (Wildman–Crippen LogP) is 3.41. The Morgan fingerprint density at radius 2 is 2.06 bits per heavy atom. The zero-order chi connectivity index (χ0) is 12.4. The molecule has 0 spiro atoms. The molecule has 0 aliphatic carbocycles. The van der Waals surface area contributed by atoms with E-state index in [2.05, 4.69) is 4.98 Å².